The first-order chi connectivity index (χ1) is 13.3. The van der Waals surface area contributed by atoms with Crippen molar-refractivity contribution in [1.82, 2.24) is 0 Å². The number of nitrogens with one attached hydrogen (secondary N) is 1. The van der Waals surface area contributed by atoms with Crippen LogP contribution in [0.4, 0.5) is 5.69 Å². The zero-order chi connectivity index (χ0) is 20.4. The number of carboxylic acids is 1. The van der Waals surface area contributed by atoms with Gasteiger partial charge in [-0.25, -0.2) is 0 Å². The van der Waals surface area contributed by atoms with Crippen molar-refractivity contribution in [2.75, 3.05) is 5.32 Å². The molecule has 0 spiro atoms. The number of rotatable bonds is 4. The number of anilines is 1. The molecule has 8 heteroatoms. The molecule has 28 heavy (non-hydrogen) atoms. The maximum Gasteiger partial charge on any atom is 0.257 e. The van der Waals surface area contributed by atoms with Gasteiger partial charge in [0, 0.05) is 26.2 Å². The summed E-state index contributed by atoms with van der Waals surface area (Å²) in [5, 5.41) is 15.5. The summed E-state index contributed by atoms with van der Waals surface area (Å²) >= 11 is 23.9. The standard InChI is InChI=1S/C20H11Cl4NO3/c21-11-2-4-13(16(23)8-11)10-1-6-18(15(7-10)20(27)28)25-19(26)14-5-3-12(22)9-17(14)24/h1-9H,(H,25,26)(H,27,28)/p-1. The van der Waals surface area contributed by atoms with Crippen molar-refractivity contribution in [1.29, 1.82) is 0 Å². The number of carboxylic acid groups (broad SMARTS) is 1. The first kappa shape index (κ1) is 20.5. The lowest BCUT2D eigenvalue weighted by molar-refractivity contribution is -0.254. The zero-order valence-corrected chi connectivity index (χ0v) is 17.0. The molecule has 0 saturated carbocycles. The van der Waals surface area contributed by atoms with Gasteiger partial charge in [0.1, 0.15) is 0 Å². The summed E-state index contributed by atoms with van der Waals surface area (Å²) < 4.78 is 0. The molecule has 0 saturated heterocycles. The summed E-state index contributed by atoms with van der Waals surface area (Å²) in [4.78, 5) is 24.1. The second-order valence-corrected chi connectivity index (χ2v) is 7.44. The van der Waals surface area contributed by atoms with Gasteiger partial charge in [-0.3, -0.25) is 4.79 Å². The second kappa shape index (κ2) is 8.41. The largest absolute Gasteiger partial charge is 0.545 e. The van der Waals surface area contributed by atoms with Gasteiger partial charge in [-0.05, 0) is 48.0 Å². The van der Waals surface area contributed by atoms with E-state index >= 15 is 0 Å². The van der Waals surface area contributed by atoms with E-state index in [1.165, 1.54) is 30.3 Å². The SMILES string of the molecule is O=C(Nc1ccc(-c2ccc(Cl)cc2Cl)cc1C(=O)[O-])c1ccc(Cl)cc1Cl. The highest BCUT2D eigenvalue weighted by Crippen LogP contribution is 2.33. The van der Waals surface area contributed by atoms with E-state index in [2.05, 4.69) is 5.32 Å². The highest BCUT2D eigenvalue weighted by molar-refractivity contribution is 6.37. The molecule has 1 amide bonds. The molecule has 1 N–H and O–H groups in total. The normalized spacial score (nSPS) is 10.6. The van der Waals surface area contributed by atoms with E-state index in [4.69, 9.17) is 46.4 Å². The Labute approximate surface area is 180 Å². The summed E-state index contributed by atoms with van der Waals surface area (Å²) in [6.45, 7) is 0. The van der Waals surface area contributed by atoms with Gasteiger partial charge in [0.05, 0.1) is 22.2 Å². The monoisotopic (exact) mass is 452 g/mol. The minimum atomic E-state index is -1.45. The molecule has 4 nitrogen and oxygen atoms in total. The van der Waals surface area contributed by atoms with Crippen LogP contribution in [0.15, 0.2) is 54.6 Å². The lowest BCUT2D eigenvalue weighted by Crippen LogP contribution is -2.25. The lowest BCUT2D eigenvalue weighted by Gasteiger charge is -2.15. The van der Waals surface area contributed by atoms with Gasteiger partial charge in [0.15, 0.2) is 0 Å². The number of amides is 1. The predicted molar refractivity (Wildman–Crippen MR) is 111 cm³/mol. The van der Waals surface area contributed by atoms with Crippen LogP contribution in [0, 0.1) is 0 Å². The number of carbonyl (C=O) groups is 2. The van der Waals surface area contributed by atoms with Gasteiger partial charge in [-0.15, -0.1) is 0 Å². The predicted octanol–water partition coefficient (Wildman–Crippen LogP) is 5.58. The van der Waals surface area contributed by atoms with Crippen molar-refractivity contribution in [3.63, 3.8) is 0 Å². The van der Waals surface area contributed by atoms with Gasteiger partial charge in [-0.1, -0.05) is 58.5 Å². The summed E-state index contributed by atoms with van der Waals surface area (Å²) in [6.07, 6.45) is 0. The maximum atomic E-state index is 12.5. The summed E-state index contributed by atoms with van der Waals surface area (Å²) in [5.41, 5.74) is 1.13. The van der Waals surface area contributed by atoms with Crippen LogP contribution in [0.1, 0.15) is 20.7 Å². The third-order valence-corrected chi connectivity index (χ3v) is 5.00. The van der Waals surface area contributed by atoms with Crippen molar-refractivity contribution in [2.45, 2.75) is 0 Å². The van der Waals surface area contributed by atoms with Crippen LogP contribution in [0.3, 0.4) is 0 Å². The van der Waals surface area contributed by atoms with E-state index in [0.29, 0.717) is 26.2 Å². The van der Waals surface area contributed by atoms with Crippen molar-refractivity contribution >= 4 is 64.0 Å². The summed E-state index contributed by atoms with van der Waals surface area (Å²) in [5.74, 6) is -2.04. The van der Waals surface area contributed by atoms with Crippen LogP contribution in [-0.2, 0) is 0 Å². The minimum absolute atomic E-state index is 0.0600. The molecular formula is C20H10Cl4NO3-. The first-order valence-electron chi connectivity index (χ1n) is 7.83. The van der Waals surface area contributed by atoms with Gasteiger partial charge in [0.2, 0.25) is 0 Å². The molecule has 0 unspecified atom stereocenters. The zero-order valence-electron chi connectivity index (χ0n) is 13.9. The fourth-order valence-electron chi connectivity index (χ4n) is 2.58. The minimum Gasteiger partial charge on any atom is -0.545 e. The topological polar surface area (TPSA) is 69.2 Å². The van der Waals surface area contributed by atoms with Crippen LogP contribution >= 0.6 is 46.4 Å². The van der Waals surface area contributed by atoms with Crippen LogP contribution in [0.25, 0.3) is 11.1 Å². The fourth-order valence-corrected chi connectivity index (χ4v) is 3.59. The number of halogens is 4. The molecule has 0 aliphatic heterocycles. The van der Waals surface area contributed by atoms with Crippen molar-refractivity contribution in [3.8, 4) is 11.1 Å². The Balaban J connectivity index is 1.97. The van der Waals surface area contributed by atoms with E-state index in [9.17, 15) is 14.7 Å². The van der Waals surface area contributed by atoms with Crippen molar-refractivity contribution < 1.29 is 14.7 Å². The third kappa shape index (κ3) is 4.42. The summed E-state index contributed by atoms with van der Waals surface area (Å²) in [6, 6.07) is 13.7. The molecule has 3 aromatic carbocycles. The molecule has 0 radical (unpaired) electrons. The molecule has 142 valence electrons. The number of aromatic carboxylic acids is 1. The van der Waals surface area contributed by atoms with Crippen molar-refractivity contribution in [3.05, 3.63) is 85.8 Å². The molecule has 0 aromatic heterocycles. The van der Waals surface area contributed by atoms with E-state index in [1.807, 2.05) is 0 Å². The van der Waals surface area contributed by atoms with Crippen LogP contribution in [0.5, 0.6) is 0 Å². The van der Waals surface area contributed by atoms with Crippen LogP contribution in [0.2, 0.25) is 20.1 Å². The third-order valence-electron chi connectivity index (χ3n) is 3.91. The van der Waals surface area contributed by atoms with Crippen LogP contribution < -0.4 is 10.4 Å². The molecule has 0 atom stereocenters. The molecular weight excluding hydrogens is 444 g/mol. The maximum absolute atomic E-state index is 12.5. The smallest absolute Gasteiger partial charge is 0.257 e. The van der Waals surface area contributed by atoms with E-state index < -0.39 is 11.9 Å². The molecule has 3 rings (SSSR count). The Morgan fingerprint density at radius 3 is 2.00 bits per heavy atom. The molecule has 0 bridgehead atoms. The highest BCUT2D eigenvalue weighted by atomic mass is 35.5. The lowest BCUT2D eigenvalue weighted by atomic mass is 10.0. The Kier molecular flexibility index (Phi) is 6.16. The van der Waals surface area contributed by atoms with E-state index in [-0.39, 0.29) is 21.8 Å². The van der Waals surface area contributed by atoms with E-state index in [0.717, 1.165) is 0 Å². The second-order valence-electron chi connectivity index (χ2n) is 5.75. The molecule has 0 heterocycles. The van der Waals surface area contributed by atoms with Gasteiger partial charge >= 0.3 is 0 Å². The van der Waals surface area contributed by atoms with Crippen LogP contribution in [-0.4, -0.2) is 11.9 Å². The highest BCUT2D eigenvalue weighted by Gasteiger charge is 2.15. The Morgan fingerprint density at radius 2 is 1.39 bits per heavy atom. The number of hydrogen-bond acceptors (Lipinski definition) is 3. The average Bonchev–Trinajstić information content (AvgIpc) is 2.62. The van der Waals surface area contributed by atoms with Crippen molar-refractivity contribution in [2.24, 2.45) is 0 Å². The van der Waals surface area contributed by atoms with E-state index in [1.54, 1.807) is 24.3 Å². The quantitative estimate of drug-likeness (QED) is 0.560. The number of carbonyl (C=O) groups excluding carboxylic acids is 2. The molecule has 3 aromatic rings. The fraction of sp³-hybridized carbons (Fsp3) is 0. The Morgan fingerprint density at radius 1 is 0.750 bits per heavy atom. The molecule has 0 aliphatic rings. The Bertz CT molecular complexity index is 1100. The van der Waals surface area contributed by atoms with Gasteiger partial charge in [0.25, 0.3) is 5.91 Å². The molecule has 0 fully saturated rings. The van der Waals surface area contributed by atoms with Gasteiger partial charge in [-0.2, -0.15) is 0 Å². The van der Waals surface area contributed by atoms with Gasteiger partial charge < -0.3 is 15.2 Å². The summed E-state index contributed by atoms with van der Waals surface area (Å²) in [7, 11) is 0. The number of hydrogen-bond donors (Lipinski definition) is 1. The number of benzene rings is 3. The molecule has 0 aliphatic carbocycles. The first-order valence-corrected chi connectivity index (χ1v) is 9.34. The average molecular weight is 454 g/mol. The Hall–Kier alpha value is -2.24.